The van der Waals surface area contributed by atoms with Crippen molar-refractivity contribution in [1.29, 1.82) is 0 Å². The van der Waals surface area contributed by atoms with Gasteiger partial charge in [0.05, 0.1) is 0 Å². The van der Waals surface area contributed by atoms with Crippen LogP contribution >= 0.6 is 0 Å². The first-order valence-electron chi connectivity index (χ1n) is 5.50. The number of fused-ring (bicyclic) bond motifs is 1. The van der Waals surface area contributed by atoms with Crippen LogP contribution in [0.1, 0.15) is 23.2 Å². The van der Waals surface area contributed by atoms with Crippen LogP contribution < -0.4 is 0 Å². The van der Waals surface area contributed by atoms with E-state index < -0.39 is 0 Å². The lowest BCUT2D eigenvalue weighted by molar-refractivity contribution is 0.112. The lowest BCUT2D eigenvalue weighted by atomic mass is 10.1. The molecule has 0 saturated heterocycles. The molecule has 16 heavy (non-hydrogen) atoms. The van der Waals surface area contributed by atoms with E-state index in [1.807, 2.05) is 30.5 Å². The van der Waals surface area contributed by atoms with Crippen LogP contribution in [0.15, 0.2) is 43.1 Å². The van der Waals surface area contributed by atoms with Gasteiger partial charge < -0.3 is 4.57 Å². The van der Waals surface area contributed by atoms with E-state index in [1.54, 1.807) is 0 Å². The summed E-state index contributed by atoms with van der Waals surface area (Å²) in [4.78, 5) is 10.9. The first-order chi connectivity index (χ1) is 7.86. The Kier molecular flexibility index (Phi) is 3.20. The summed E-state index contributed by atoms with van der Waals surface area (Å²) in [6.45, 7) is 4.68. The molecule has 1 heterocycles. The van der Waals surface area contributed by atoms with Gasteiger partial charge in [-0.2, -0.15) is 0 Å². The minimum atomic E-state index is 0.764. The van der Waals surface area contributed by atoms with Crippen LogP contribution in [0, 0.1) is 0 Å². The molecule has 1 aromatic heterocycles. The highest BCUT2D eigenvalue weighted by Crippen LogP contribution is 2.19. The molecule has 82 valence electrons. The van der Waals surface area contributed by atoms with Gasteiger partial charge in [0.15, 0.2) is 6.29 Å². The van der Waals surface area contributed by atoms with Gasteiger partial charge in [-0.3, -0.25) is 4.79 Å². The Morgan fingerprint density at radius 2 is 2.19 bits per heavy atom. The largest absolute Gasteiger partial charge is 0.347 e. The minimum absolute atomic E-state index is 0.764. The van der Waals surface area contributed by atoms with Crippen molar-refractivity contribution in [2.24, 2.45) is 0 Å². The zero-order chi connectivity index (χ0) is 11.4. The molecule has 0 unspecified atom stereocenters. The first-order valence-corrected chi connectivity index (χ1v) is 5.50. The van der Waals surface area contributed by atoms with E-state index in [4.69, 9.17) is 0 Å². The molecule has 0 bridgehead atoms. The summed E-state index contributed by atoms with van der Waals surface area (Å²) in [5.41, 5.74) is 1.90. The Labute approximate surface area is 95.2 Å². The van der Waals surface area contributed by atoms with Gasteiger partial charge in [0.25, 0.3) is 0 Å². The average molecular weight is 213 g/mol. The van der Waals surface area contributed by atoms with Crippen molar-refractivity contribution in [3.05, 3.63) is 48.7 Å². The Bertz CT molecular complexity index is 510. The maximum absolute atomic E-state index is 10.9. The number of benzene rings is 1. The minimum Gasteiger partial charge on any atom is -0.347 e. The van der Waals surface area contributed by atoms with Crippen LogP contribution in [-0.2, 0) is 6.54 Å². The molecule has 2 heteroatoms. The summed E-state index contributed by atoms with van der Waals surface area (Å²) in [7, 11) is 0. The zero-order valence-electron chi connectivity index (χ0n) is 9.23. The van der Waals surface area contributed by atoms with E-state index in [0.29, 0.717) is 0 Å². The van der Waals surface area contributed by atoms with Crippen molar-refractivity contribution in [3.8, 4) is 0 Å². The van der Waals surface area contributed by atoms with Crippen LogP contribution in [0.3, 0.4) is 0 Å². The molecule has 0 aliphatic carbocycles. The third-order valence-corrected chi connectivity index (χ3v) is 2.78. The molecule has 0 N–H and O–H groups in total. The fourth-order valence-corrected chi connectivity index (χ4v) is 1.95. The molecule has 1 aromatic carbocycles. The smallest absolute Gasteiger partial charge is 0.150 e. The third-order valence-electron chi connectivity index (χ3n) is 2.78. The van der Waals surface area contributed by atoms with Gasteiger partial charge in [-0.05, 0) is 25.0 Å². The predicted molar refractivity (Wildman–Crippen MR) is 66.8 cm³/mol. The number of allylic oxidation sites excluding steroid dienone is 1. The summed E-state index contributed by atoms with van der Waals surface area (Å²) < 4.78 is 2.19. The van der Waals surface area contributed by atoms with Gasteiger partial charge in [0, 0.05) is 29.2 Å². The number of aldehydes is 1. The number of aromatic nitrogens is 1. The summed E-state index contributed by atoms with van der Waals surface area (Å²) in [5, 5.41) is 1.04. The van der Waals surface area contributed by atoms with Crippen molar-refractivity contribution in [2.75, 3.05) is 0 Å². The molecular formula is C14H15NO. The van der Waals surface area contributed by atoms with E-state index in [1.165, 1.54) is 0 Å². The molecular weight excluding hydrogens is 198 g/mol. The summed E-state index contributed by atoms with van der Waals surface area (Å²) in [6.07, 6.45) is 6.99. The number of nitrogens with zero attached hydrogens (tertiary/aromatic N) is 1. The fourth-order valence-electron chi connectivity index (χ4n) is 1.95. The molecule has 0 aliphatic rings. The second kappa shape index (κ2) is 4.79. The fraction of sp³-hybridized carbons (Fsp3) is 0.214. The monoisotopic (exact) mass is 213 g/mol. The number of carbonyl (C=O) groups excluding carboxylic acids is 1. The van der Waals surface area contributed by atoms with Gasteiger partial charge in [-0.15, -0.1) is 6.58 Å². The molecule has 2 rings (SSSR count). The molecule has 0 radical (unpaired) electrons. The highest BCUT2D eigenvalue weighted by Gasteiger charge is 2.03. The van der Waals surface area contributed by atoms with Gasteiger partial charge in [-0.1, -0.05) is 18.2 Å². The van der Waals surface area contributed by atoms with Crippen molar-refractivity contribution >= 4 is 17.2 Å². The topological polar surface area (TPSA) is 22.0 Å². The molecule has 0 atom stereocenters. The van der Waals surface area contributed by atoms with Gasteiger partial charge in [-0.25, -0.2) is 0 Å². The van der Waals surface area contributed by atoms with Crippen molar-refractivity contribution in [2.45, 2.75) is 19.4 Å². The van der Waals surface area contributed by atoms with E-state index >= 15 is 0 Å². The summed E-state index contributed by atoms with van der Waals surface area (Å²) in [5.74, 6) is 0. The number of hydrogen-bond donors (Lipinski definition) is 0. The molecule has 0 amide bonds. The van der Waals surface area contributed by atoms with Crippen LogP contribution in [0.4, 0.5) is 0 Å². The molecule has 0 fully saturated rings. The van der Waals surface area contributed by atoms with E-state index in [9.17, 15) is 4.79 Å². The lowest BCUT2D eigenvalue weighted by Crippen LogP contribution is -1.95. The predicted octanol–water partition coefficient (Wildman–Crippen LogP) is 3.42. The van der Waals surface area contributed by atoms with Crippen LogP contribution in [0.2, 0.25) is 0 Å². The molecule has 2 aromatic rings. The Hall–Kier alpha value is -1.83. The summed E-state index contributed by atoms with van der Waals surface area (Å²) >= 11 is 0. The maximum atomic E-state index is 10.9. The number of unbranched alkanes of at least 4 members (excludes halogenated alkanes) is 1. The lowest BCUT2D eigenvalue weighted by Gasteiger charge is -2.04. The van der Waals surface area contributed by atoms with E-state index in [2.05, 4.69) is 17.2 Å². The number of aryl methyl sites for hydroxylation is 1. The van der Waals surface area contributed by atoms with Crippen molar-refractivity contribution in [3.63, 3.8) is 0 Å². The Balaban J connectivity index is 2.33. The Morgan fingerprint density at radius 1 is 1.31 bits per heavy atom. The maximum Gasteiger partial charge on any atom is 0.150 e. The molecule has 0 aliphatic heterocycles. The van der Waals surface area contributed by atoms with Crippen molar-refractivity contribution < 1.29 is 4.79 Å². The third kappa shape index (κ3) is 1.91. The average Bonchev–Trinajstić information content (AvgIpc) is 2.73. The van der Waals surface area contributed by atoms with Crippen LogP contribution in [0.5, 0.6) is 0 Å². The normalized spacial score (nSPS) is 10.5. The number of hydrogen-bond acceptors (Lipinski definition) is 1. The van der Waals surface area contributed by atoms with Crippen LogP contribution in [0.25, 0.3) is 10.9 Å². The van der Waals surface area contributed by atoms with Gasteiger partial charge in [0.2, 0.25) is 0 Å². The standard InChI is InChI=1S/C14H15NO/c1-2-3-4-9-15-10-8-13-12(11-16)6-5-7-14(13)15/h2,5-8,10-11H,1,3-4,9H2. The second-order valence-corrected chi connectivity index (χ2v) is 3.84. The summed E-state index contributed by atoms with van der Waals surface area (Å²) in [6, 6.07) is 7.84. The molecule has 2 nitrogen and oxygen atoms in total. The van der Waals surface area contributed by atoms with Gasteiger partial charge >= 0.3 is 0 Å². The second-order valence-electron chi connectivity index (χ2n) is 3.84. The van der Waals surface area contributed by atoms with Crippen molar-refractivity contribution in [1.82, 2.24) is 4.57 Å². The molecule has 0 spiro atoms. The Morgan fingerprint density at radius 3 is 2.94 bits per heavy atom. The quantitative estimate of drug-likeness (QED) is 0.424. The van der Waals surface area contributed by atoms with E-state index in [-0.39, 0.29) is 0 Å². The number of rotatable bonds is 5. The number of carbonyl (C=O) groups is 1. The zero-order valence-corrected chi connectivity index (χ0v) is 9.23. The highest BCUT2D eigenvalue weighted by atomic mass is 16.1. The first kappa shape index (κ1) is 10.7. The molecule has 0 saturated carbocycles. The van der Waals surface area contributed by atoms with E-state index in [0.717, 1.165) is 42.1 Å². The highest BCUT2D eigenvalue weighted by molar-refractivity contribution is 5.97. The van der Waals surface area contributed by atoms with Crippen LogP contribution in [-0.4, -0.2) is 10.9 Å². The SMILES string of the molecule is C=CCCCn1ccc2c(C=O)cccc21. The van der Waals surface area contributed by atoms with Gasteiger partial charge in [0.1, 0.15) is 0 Å².